The second-order valence-corrected chi connectivity index (χ2v) is 5.75. The van der Waals surface area contributed by atoms with E-state index < -0.39 is 27.2 Å². The summed E-state index contributed by atoms with van der Waals surface area (Å²) >= 11 is 0. The highest BCUT2D eigenvalue weighted by molar-refractivity contribution is 7.86. The lowest BCUT2D eigenvalue weighted by Gasteiger charge is -2.08. The van der Waals surface area contributed by atoms with Crippen molar-refractivity contribution in [1.29, 1.82) is 0 Å². The number of alkyl halides is 3. The third kappa shape index (κ3) is 4.77. The van der Waals surface area contributed by atoms with Crippen LogP contribution < -0.4 is 10.6 Å². The zero-order valence-corrected chi connectivity index (χ0v) is 12.5. The number of aryl methyl sites for hydroxylation is 1. The van der Waals surface area contributed by atoms with E-state index in [0.29, 0.717) is 5.82 Å². The van der Waals surface area contributed by atoms with E-state index in [9.17, 15) is 22.2 Å². The summed E-state index contributed by atoms with van der Waals surface area (Å²) in [4.78, 5) is 15.1. The molecule has 2 rings (SSSR count). The van der Waals surface area contributed by atoms with Gasteiger partial charge in [-0.3, -0.25) is 0 Å². The Bertz CT molecular complexity index is 715. The van der Waals surface area contributed by atoms with Crippen LogP contribution in [0.4, 0.5) is 23.7 Å². The molecule has 2 amide bonds. The van der Waals surface area contributed by atoms with Gasteiger partial charge in [-0.25, -0.2) is 9.00 Å². The van der Waals surface area contributed by atoms with E-state index in [2.05, 4.69) is 20.8 Å². The number of anilines is 1. The number of benzene rings is 1. The number of hydrogen-bond donors (Lipinski definition) is 2. The molecule has 1 heterocycles. The van der Waals surface area contributed by atoms with Crippen molar-refractivity contribution in [3.8, 4) is 0 Å². The Labute approximate surface area is 130 Å². The van der Waals surface area contributed by atoms with E-state index in [0.717, 1.165) is 12.1 Å². The monoisotopic (exact) mass is 348 g/mol. The van der Waals surface area contributed by atoms with Crippen molar-refractivity contribution in [2.75, 3.05) is 5.32 Å². The number of nitrogens with one attached hydrogen (secondary N) is 2. The molecule has 0 aliphatic rings. The fourth-order valence-corrected chi connectivity index (χ4v) is 2.19. The number of hydrogen-bond acceptors (Lipinski definition) is 5. The number of halogens is 3. The highest BCUT2D eigenvalue weighted by Gasteiger charge is 2.37. The number of amides is 2. The summed E-state index contributed by atoms with van der Waals surface area (Å²) in [7, 11) is -3.10. The molecule has 0 fully saturated rings. The number of carbonyl (C=O) groups is 1. The molecule has 2 N–H and O–H groups in total. The van der Waals surface area contributed by atoms with Crippen molar-refractivity contribution in [2.45, 2.75) is 23.9 Å². The van der Waals surface area contributed by atoms with Crippen molar-refractivity contribution < 1.29 is 26.7 Å². The molecule has 0 saturated carbocycles. The molecule has 2 aromatic rings. The van der Waals surface area contributed by atoms with Gasteiger partial charge >= 0.3 is 11.5 Å². The first-order valence-corrected chi connectivity index (χ1v) is 7.33. The summed E-state index contributed by atoms with van der Waals surface area (Å²) in [5, 5.41) is 8.39. The third-order valence-corrected chi connectivity index (χ3v) is 3.63. The Kier molecular flexibility index (Phi) is 4.98. The average Bonchev–Trinajstić information content (AvgIpc) is 2.90. The minimum absolute atomic E-state index is 0.00282. The molecule has 11 heteroatoms. The Hall–Kier alpha value is -2.43. The number of nitrogens with zero attached hydrogens (tertiary/aromatic N) is 2. The van der Waals surface area contributed by atoms with Crippen molar-refractivity contribution in [1.82, 2.24) is 15.5 Å². The highest BCUT2D eigenvalue weighted by atomic mass is 32.2. The molecule has 0 saturated heterocycles. The minimum Gasteiger partial charge on any atom is -0.337 e. The Morgan fingerprint density at radius 1 is 1.30 bits per heavy atom. The number of urea groups is 1. The van der Waals surface area contributed by atoms with E-state index in [1.165, 1.54) is 12.1 Å². The van der Waals surface area contributed by atoms with Gasteiger partial charge in [-0.05, 0) is 31.2 Å². The van der Waals surface area contributed by atoms with Crippen LogP contribution in [0.1, 0.15) is 11.7 Å². The third-order valence-electron chi connectivity index (χ3n) is 2.51. The van der Waals surface area contributed by atoms with Gasteiger partial charge in [-0.15, -0.1) is 0 Å². The fourth-order valence-electron chi connectivity index (χ4n) is 1.54. The maximum Gasteiger partial charge on any atom is 0.475 e. The second-order valence-electron chi connectivity index (χ2n) is 4.28. The summed E-state index contributed by atoms with van der Waals surface area (Å²) in [6.07, 6.45) is 0. The van der Waals surface area contributed by atoms with Gasteiger partial charge in [-0.2, -0.15) is 18.2 Å². The summed E-state index contributed by atoms with van der Waals surface area (Å²) in [6, 6.07) is 3.89. The molecular weight excluding hydrogens is 337 g/mol. The van der Waals surface area contributed by atoms with Gasteiger partial charge in [0.2, 0.25) is 5.89 Å². The predicted molar refractivity (Wildman–Crippen MR) is 73.8 cm³/mol. The van der Waals surface area contributed by atoms with Gasteiger partial charge in [0.15, 0.2) is 16.6 Å². The Balaban J connectivity index is 1.90. The van der Waals surface area contributed by atoms with Crippen LogP contribution in [0.15, 0.2) is 33.7 Å². The molecule has 0 spiro atoms. The molecular formula is C12H11F3N4O3S. The van der Waals surface area contributed by atoms with Gasteiger partial charge in [0.1, 0.15) is 0 Å². The molecule has 7 nitrogen and oxygen atoms in total. The summed E-state index contributed by atoms with van der Waals surface area (Å²) < 4.78 is 52.8. The van der Waals surface area contributed by atoms with Gasteiger partial charge in [0.05, 0.1) is 6.54 Å². The van der Waals surface area contributed by atoms with Gasteiger partial charge in [0.25, 0.3) is 0 Å². The van der Waals surface area contributed by atoms with Crippen LogP contribution in [0.25, 0.3) is 0 Å². The van der Waals surface area contributed by atoms with Crippen LogP contribution in [-0.2, 0) is 17.3 Å². The van der Waals surface area contributed by atoms with E-state index >= 15 is 0 Å². The van der Waals surface area contributed by atoms with Crippen LogP contribution >= 0.6 is 0 Å². The lowest BCUT2D eigenvalue weighted by Crippen LogP contribution is -2.28. The quantitative estimate of drug-likeness (QED) is 0.884. The van der Waals surface area contributed by atoms with E-state index in [1.807, 2.05) is 0 Å². The first-order valence-electron chi connectivity index (χ1n) is 6.18. The van der Waals surface area contributed by atoms with Crippen molar-refractivity contribution >= 4 is 22.5 Å². The molecule has 0 radical (unpaired) electrons. The first kappa shape index (κ1) is 16.9. The second kappa shape index (κ2) is 6.77. The van der Waals surface area contributed by atoms with Crippen LogP contribution in [0, 0.1) is 6.92 Å². The number of aromatic nitrogens is 2. The van der Waals surface area contributed by atoms with E-state index in [-0.39, 0.29) is 18.1 Å². The van der Waals surface area contributed by atoms with Crippen molar-refractivity contribution in [3.05, 3.63) is 36.0 Å². The number of rotatable bonds is 4. The minimum atomic E-state index is -4.82. The SMILES string of the molecule is Cc1noc(CNC(=O)Nc2ccc(S(=O)C(F)(F)F)cc2)n1. The fraction of sp³-hybridized carbons (Fsp3) is 0.250. The largest absolute Gasteiger partial charge is 0.475 e. The maximum absolute atomic E-state index is 12.3. The molecule has 0 aliphatic carbocycles. The van der Waals surface area contributed by atoms with Gasteiger partial charge in [-0.1, -0.05) is 5.16 Å². The average molecular weight is 348 g/mol. The lowest BCUT2D eigenvalue weighted by atomic mass is 10.3. The molecule has 124 valence electrons. The lowest BCUT2D eigenvalue weighted by molar-refractivity contribution is -0.0384. The van der Waals surface area contributed by atoms with Crippen molar-refractivity contribution in [3.63, 3.8) is 0 Å². The van der Waals surface area contributed by atoms with Gasteiger partial charge < -0.3 is 15.2 Å². The maximum atomic E-state index is 12.3. The molecule has 1 atom stereocenters. The highest BCUT2D eigenvalue weighted by Crippen LogP contribution is 2.26. The van der Waals surface area contributed by atoms with Gasteiger partial charge in [0, 0.05) is 10.6 Å². The van der Waals surface area contributed by atoms with Crippen LogP contribution in [-0.4, -0.2) is 25.9 Å². The van der Waals surface area contributed by atoms with Crippen LogP contribution in [0.3, 0.4) is 0 Å². The predicted octanol–water partition coefficient (Wildman–Crippen LogP) is 2.33. The standard InChI is InChI=1S/C12H11F3N4O3S/c1-7-17-10(22-19-7)6-16-11(20)18-8-2-4-9(5-3-8)23(21)12(13,14)15/h2-5H,6H2,1H3,(H2,16,18,20). The van der Waals surface area contributed by atoms with Crippen LogP contribution in [0.5, 0.6) is 0 Å². The summed E-state index contributed by atoms with van der Waals surface area (Å²) in [5.74, 6) is 0.643. The number of carbonyl (C=O) groups excluding carboxylic acids is 1. The topological polar surface area (TPSA) is 97.1 Å². The Morgan fingerprint density at radius 3 is 2.48 bits per heavy atom. The normalized spacial score (nSPS) is 12.7. The first-order chi connectivity index (χ1) is 10.8. The molecule has 1 aromatic heterocycles. The van der Waals surface area contributed by atoms with Crippen molar-refractivity contribution in [2.24, 2.45) is 0 Å². The molecule has 1 unspecified atom stereocenters. The van der Waals surface area contributed by atoms with E-state index in [1.54, 1.807) is 6.92 Å². The molecule has 0 bridgehead atoms. The molecule has 1 aromatic carbocycles. The smallest absolute Gasteiger partial charge is 0.337 e. The zero-order chi connectivity index (χ0) is 17.0. The summed E-state index contributed by atoms with van der Waals surface area (Å²) in [5.41, 5.74) is -4.58. The molecule has 0 aliphatic heterocycles. The summed E-state index contributed by atoms with van der Waals surface area (Å²) in [6.45, 7) is 1.63. The Morgan fingerprint density at radius 2 is 1.96 bits per heavy atom. The van der Waals surface area contributed by atoms with Crippen LogP contribution in [0.2, 0.25) is 0 Å². The van der Waals surface area contributed by atoms with E-state index in [4.69, 9.17) is 4.52 Å². The zero-order valence-electron chi connectivity index (χ0n) is 11.7. The molecule has 23 heavy (non-hydrogen) atoms.